The highest BCUT2D eigenvalue weighted by Crippen LogP contribution is 2.41. The number of fused-ring (bicyclic) bond motifs is 1. The van der Waals surface area contributed by atoms with Gasteiger partial charge in [-0.2, -0.15) is 0 Å². The molecular weight excluding hydrogens is 445 g/mol. The Morgan fingerprint density at radius 3 is 2.71 bits per heavy atom. The van der Waals surface area contributed by atoms with Crippen LogP contribution in [0.2, 0.25) is 0 Å². The van der Waals surface area contributed by atoms with E-state index >= 15 is 4.39 Å². The Balaban J connectivity index is 1.41. The lowest BCUT2D eigenvalue weighted by atomic mass is 9.79. The Bertz CT molecular complexity index is 1170. The molecule has 186 valence electrons. The molecular formula is C27H34FN5O2. The number of carbonyl (C=O) groups excluding carboxylic acids is 1. The molecule has 1 atom stereocenters. The Morgan fingerprint density at radius 2 is 2.00 bits per heavy atom. The molecule has 5 N–H and O–H groups in total. The summed E-state index contributed by atoms with van der Waals surface area (Å²) in [6.45, 7) is 7.66. The van der Waals surface area contributed by atoms with Gasteiger partial charge in [0.2, 0.25) is 0 Å². The third-order valence-electron chi connectivity index (χ3n) is 7.45. The highest BCUT2D eigenvalue weighted by Gasteiger charge is 2.46. The number of nitrogens with two attached hydrogens (primary N) is 1. The summed E-state index contributed by atoms with van der Waals surface area (Å²) in [5, 5.41) is 16.5. The molecule has 0 bridgehead atoms. The van der Waals surface area contributed by atoms with Gasteiger partial charge in [0.1, 0.15) is 5.82 Å². The van der Waals surface area contributed by atoms with E-state index in [-0.39, 0.29) is 17.1 Å². The molecule has 3 aliphatic heterocycles. The fourth-order valence-corrected chi connectivity index (χ4v) is 5.80. The molecule has 1 amide bonds. The number of likely N-dealkylation sites (tertiary alicyclic amines) is 2. The minimum atomic E-state index is -1.28. The molecule has 35 heavy (non-hydrogen) atoms. The van der Waals surface area contributed by atoms with Crippen LogP contribution >= 0.6 is 0 Å². The molecule has 0 aromatic heterocycles. The van der Waals surface area contributed by atoms with Crippen LogP contribution in [0.3, 0.4) is 0 Å². The van der Waals surface area contributed by atoms with E-state index in [1.807, 2.05) is 25.1 Å². The standard InChI is InChI=1S/C27H34FN5O2/c1-3-10-30-25(34)22-23(29)19-6-4-5-18(24(19)31-26(22)35)20-12-17(7-8-21(20)28)13-33-15-27(16-33)9-11-32(2)14-27/h4-8,12,26,31,35H,3,9-11,13-16,29H2,1-2H3,(H,30,34). The number of rotatable bonds is 6. The van der Waals surface area contributed by atoms with Crippen LogP contribution in [0, 0.1) is 11.2 Å². The van der Waals surface area contributed by atoms with Gasteiger partial charge in [-0.3, -0.25) is 9.69 Å². The fraction of sp³-hybridized carbons (Fsp3) is 0.444. The molecule has 2 aromatic rings. The lowest BCUT2D eigenvalue weighted by Crippen LogP contribution is -2.56. The minimum absolute atomic E-state index is 0.0848. The first-order valence-electron chi connectivity index (χ1n) is 12.4. The quantitative estimate of drug-likeness (QED) is 0.509. The molecule has 5 rings (SSSR count). The van der Waals surface area contributed by atoms with Crippen molar-refractivity contribution in [2.75, 3.05) is 45.1 Å². The summed E-state index contributed by atoms with van der Waals surface area (Å²) in [4.78, 5) is 17.4. The van der Waals surface area contributed by atoms with Gasteiger partial charge < -0.3 is 26.4 Å². The highest BCUT2D eigenvalue weighted by atomic mass is 19.1. The topological polar surface area (TPSA) is 93.9 Å². The van der Waals surface area contributed by atoms with Gasteiger partial charge in [-0.25, -0.2) is 4.39 Å². The number of hydrogen-bond donors (Lipinski definition) is 4. The maximum Gasteiger partial charge on any atom is 0.253 e. The average molecular weight is 480 g/mol. The molecule has 3 aliphatic rings. The number of hydrogen-bond acceptors (Lipinski definition) is 6. The van der Waals surface area contributed by atoms with Crippen molar-refractivity contribution in [3.63, 3.8) is 0 Å². The van der Waals surface area contributed by atoms with Crippen molar-refractivity contribution in [1.29, 1.82) is 0 Å². The Hall–Kier alpha value is -2.94. The van der Waals surface area contributed by atoms with Gasteiger partial charge in [0, 0.05) is 54.8 Å². The Kier molecular flexibility index (Phi) is 6.29. The van der Waals surface area contributed by atoms with Gasteiger partial charge >= 0.3 is 0 Å². The highest BCUT2D eigenvalue weighted by molar-refractivity contribution is 6.06. The molecule has 7 nitrogen and oxygen atoms in total. The minimum Gasteiger partial charge on any atom is -0.398 e. The summed E-state index contributed by atoms with van der Waals surface area (Å²) in [7, 11) is 2.18. The zero-order valence-corrected chi connectivity index (χ0v) is 20.4. The van der Waals surface area contributed by atoms with Gasteiger partial charge in [-0.15, -0.1) is 0 Å². The lowest BCUT2D eigenvalue weighted by molar-refractivity contribution is -0.118. The van der Waals surface area contributed by atoms with Crippen LogP contribution in [0.15, 0.2) is 42.0 Å². The molecule has 8 heteroatoms. The van der Waals surface area contributed by atoms with E-state index in [4.69, 9.17) is 5.73 Å². The zero-order valence-electron chi connectivity index (χ0n) is 20.4. The zero-order chi connectivity index (χ0) is 24.7. The van der Waals surface area contributed by atoms with Crippen LogP contribution in [0.4, 0.5) is 10.1 Å². The normalized spacial score (nSPS) is 21.5. The number of aliphatic hydroxyl groups is 1. The molecule has 2 aromatic carbocycles. The molecule has 2 fully saturated rings. The molecule has 0 saturated carbocycles. The maximum atomic E-state index is 15.1. The van der Waals surface area contributed by atoms with Gasteiger partial charge in [0.05, 0.1) is 17.0 Å². The van der Waals surface area contributed by atoms with Crippen molar-refractivity contribution in [2.24, 2.45) is 11.1 Å². The average Bonchev–Trinajstić information content (AvgIpc) is 3.20. The van der Waals surface area contributed by atoms with Crippen molar-refractivity contribution < 1.29 is 14.3 Å². The fourth-order valence-electron chi connectivity index (χ4n) is 5.80. The van der Waals surface area contributed by atoms with Crippen LogP contribution < -0.4 is 16.4 Å². The van der Waals surface area contributed by atoms with Crippen molar-refractivity contribution in [2.45, 2.75) is 32.5 Å². The van der Waals surface area contributed by atoms with Gasteiger partial charge in [-0.05, 0) is 44.1 Å². The monoisotopic (exact) mass is 479 g/mol. The van der Waals surface area contributed by atoms with Crippen molar-refractivity contribution >= 4 is 17.3 Å². The van der Waals surface area contributed by atoms with E-state index in [2.05, 4.69) is 27.5 Å². The largest absolute Gasteiger partial charge is 0.398 e. The summed E-state index contributed by atoms with van der Waals surface area (Å²) in [6, 6.07) is 10.6. The summed E-state index contributed by atoms with van der Waals surface area (Å²) in [5.41, 5.74) is 10.2. The molecule has 1 spiro atoms. The Morgan fingerprint density at radius 1 is 1.23 bits per heavy atom. The molecule has 0 radical (unpaired) electrons. The van der Waals surface area contributed by atoms with E-state index in [9.17, 15) is 9.90 Å². The van der Waals surface area contributed by atoms with Crippen LogP contribution in [-0.2, 0) is 11.3 Å². The second kappa shape index (κ2) is 9.26. The number of nitrogens with zero attached hydrogens (tertiary/aromatic N) is 2. The molecule has 1 unspecified atom stereocenters. The third-order valence-corrected chi connectivity index (χ3v) is 7.45. The predicted molar refractivity (Wildman–Crippen MR) is 136 cm³/mol. The van der Waals surface area contributed by atoms with E-state index < -0.39 is 12.1 Å². The number of carbonyl (C=O) groups is 1. The number of amides is 1. The van der Waals surface area contributed by atoms with Gasteiger partial charge in [0.15, 0.2) is 6.23 Å². The number of para-hydroxylation sites is 1. The lowest BCUT2D eigenvalue weighted by Gasteiger charge is -2.48. The van der Waals surface area contributed by atoms with Crippen molar-refractivity contribution in [3.8, 4) is 11.1 Å². The van der Waals surface area contributed by atoms with Crippen LogP contribution in [-0.4, -0.2) is 66.8 Å². The molecule has 2 saturated heterocycles. The van der Waals surface area contributed by atoms with E-state index in [1.54, 1.807) is 12.1 Å². The predicted octanol–water partition coefficient (Wildman–Crippen LogP) is 2.57. The second-order valence-electron chi connectivity index (χ2n) is 10.3. The number of nitrogens with one attached hydrogen (secondary N) is 2. The van der Waals surface area contributed by atoms with E-state index in [0.717, 1.165) is 44.7 Å². The number of halogens is 1. The SMILES string of the molecule is CCCNC(=O)C1=C(N)c2cccc(-c3cc(CN4CC5(CCN(C)C5)C4)ccc3F)c2NC1O. The first-order valence-corrected chi connectivity index (χ1v) is 12.4. The molecule has 3 heterocycles. The van der Waals surface area contributed by atoms with Crippen LogP contribution in [0.1, 0.15) is 30.9 Å². The smallest absolute Gasteiger partial charge is 0.253 e. The second-order valence-corrected chi connectivity index (χ2v) is 10.3. The summed E-state index contributed by atoms with van der Waals surface area (Å²) in [6.07, 6.45) is 0.731. The third kappa shape index (κ3) is 4.42. The van der Waals surface area contributed by atoms with E-state index in [1.165, 1.54) is 12.5 Å². The summed E-state index contributed by atoms with van der Waals surface area (Å²) >= 11 is 0. The first-order chi connectivity index (χ1) is 16.8. The van der Waals surface area contributed by atoms with Crippen molar-refractivity contribution in [3.05, 3.63) is 58.9 Å². The Labute approximate surface area is 205 Å². The van der Waals surface area contributed by atoms with Crippen LogP contribution in [0.5, 0.6) is 0 Å². The van der Waals surface area contributed by atoms with Crippen molar-refractivity contribution in [1.82, 2.24) is 15.1 Å². The summed E-state index contributed by atoms with van der Waals surface area (Å²) in [5.74, 6) is -0.751. The summed E-state index contributed by atoms with van der Waals surface area (Å²) < 4.78 is 15.1. The van der Waals surface area contributed by atoms with Gasteiger partial charge in [-0.1, -0.05) is 31.2 Å². The van der Waals surface area contributed by atoms with E-state index in [0.29, 0.717) is 34.3 Å². The number of anilines is 1. The number of aliphatic hydroxyl groups excluding tert-OH is 1. The molecule has 0 aliphatic carbocycles. The maximum absolute atomic E-state index is 15.1. The van der Waals surface area contributed by atoms with Crippen LogP contribution in [0.25, 0.3) is 16.8 Å². The first kappa shape index (κ1) is 23.8. The number of benzene rings is 2. The van der Waals surface area contributed by atoms with Gasteiger partial charge in [0.25, 0.3) is 5.91 Å².